The van der Waals surface area contributed by atoms with E-state index >= 15 is 0 Å². The Labute approximate surface area is 121 Å². The van der Waals surface area contributed by atoms with Gasteiger partial charge in [0.1, 0.15) is 5.82 Å². The lowest BCUT2D eigenvalue weighted by Crippen LogP contribution is -2.49. The number of hydrogen-bond acceptors (Lipinski definition) is 3. The maximum Gasteiger partial charge on any atom is 0.134 e. The van der Waals surface area contributed by atoms with Crippen LogP contribution < -0.4 is 5.32 Å². The van der Waals surface area contributed by atoms with E-state index in [0.29, 0.717) is 5.41 Å². The lowest BCUT2D eigenvalue weighted by atomic mass is 9.49. The van der Waals surface area contributed by atoms with Gasteiger partial charge in [0, 0.05) is 18.2 Å². The van der Waals surface area contributed by atoms with Crippen LogP contribution in [-0.2, 0) is 12.0 Å². The van der Waals surface area contributed by atoms with Crippen LogP contribution in [0.2, 0.25) is 0 Å². The Morgan fingerprint density at radius 1 is 1.15 bits per heavy atom. The molecule has 1 aromatic rings. The average molecular weight is 271 g/mol. The van der Waals surface area contributed by atoms with E-state index in [1.54, 1.807) is 0 Å². The molecule has 4 saturated carbocycles. The van der Waals surface area contributed by atoms with Crippen molar-refractivity contribution in [3.05, 3.63) is 23.8 Å². The molecule has 20 heavy (non-hydrogen) atoms. The van der Waals surface area contributed by atoms with Crippen LogP contribution in [0.4, 0.5) is 0 Å². The fraction of sp³-hybridized carbons (Fsp3) is 0.765. The summed E-state index contributed by atoms with van der Waals surface area (Å²) in [6, 6.07) is 2.06. The van der Waals surface area contributed by atoms with Crippen LogP contribution in [0.25, 0.3) is 0 Å². The Morgan fingerprint density at radius 2 is 1.80 bits per heavy atom. The van der Waals surface area contributed by atoms with Gasteiger partial charge in [0.15, 0.2) is 0 Å². The molecule has 1 N–H and O–H groups in total. The summed E-state index contributed by atoms with van der Waals surface area (Å²) in [5.41, 5.74) is 1.49. The van der Waals surface area contributed by atoms with Crippen molar-refractivity contribution in [2.45, 2.75) is 57.4 Å². The van der Waals surface area contributed by atoms with Gasteiger partial charge < -0.3 is 5.32 Å². The van der Waals surface area contributed by atoms with Crippen LogP contribution in [0.15, 0.2) is 12.3 Å². The Hall–Kier alpha value is -0.960. The maximum absolute atomic E-state index is 4.93. The van der Waals surface area contributed by atoms with Gasteiger partial charge in [0.05, 0.1) is 5.69 Å². The molecule has 1 heterocycles. The molecule has 0 aromatic carbocycles. The van der Waals surface area contributed by atoms with Crippen LogP contribution in [0, 0.1) is 17.8 Å². The third-order valence-electron chi connectivity index (χ3n) is 5.78. The largest absolute Gasteiger partial charge is 0.311 e. The molecule has 3 nitrogen and oxygen atoms in total. The summed E-state index contributed by atoms with van der Waals surface area (Å²) in [4.78, 5) is 9.63. The van der Waals surface area contributed by atoms with Crippen molar-refractivity contribution < 1.29 is 0 Å². The number of hydrogen-bond donors (Lipinski definition) is 1. The molecule has 4 aliphatic rings. The SMILES string of the molecule is CCNCc1ccnc(C23CC4CC(CC(C4)C2)C3)n1. The molecule has 4 bridgehead atoms. The molecule has 4 aliphatic carbocycles. The summed E-state index contributed by atoms with van der Waals surface area (Å²) in [5, 5.41) is 3.38. The first-order valence-corrected chi connectivity index (χ1v) is 8.30. The van der Waals surface area contributed by atoms with E-state index in [9.17, 15) is 0 Å². The highest BCUT2D eigenvalue weighted by molar-refractivity contribution is 5.18. The summed E-state index contributed by atoms with van der Waals surface area (Å²) in [5.74, 6) is 4.04. The van der Waals surface area contributed by atoms with E-state index in [0.717, 1.165) is 42.4 Å². The quantitative estimate of drug-likeness (QED) is 0.914. The normalized spacial score (nSPS) is 38.4. The van der Waals surface area contributed by atoms with Gasteiger partial charge >= 0.3 is 0 Å². The highest BCUT2D eigenvalue weighted by Crippen LogP contribution is 2.60. The summed E-state index contributed by atoms with van der Waals surface area (Å²) >= 11 is 0. The zero-order chi connectivity index (χ0) is 13.6. The summed E-state index contributed by atoms with van der Waals surface area (Å²) in [6.07, 6.45) is 10.5. The highest BCUT2D eigenvalue weighted by Gasteiger charge is 2.53. The summed E-state index contributed by atoms with van der Waals surface area (Å²) < 4.78 is 0. The van der Waals surface area contributed by atoms with Gasteiger partial charge in [0.25, 0.3) is 0 Å². The van der Waals surface area contributed by atoms with Crippen LogP contribution in [0.3, 0.4) is 0 Å². The van der Waals surface area contributed by atoms with E-state index in [1.165, 1.54) is 38.5 Å². The van der Waals surface area contributed by atoms with Gasteiger partial charge in [-0.15, -0.1) is 0 Å². The molecule has 0 amide bonds. The van der Waals surface area contributed by atoms with Crippen molar-refractivity contribution in [3.63, 3.8) is 0 Å². The standard InChI is InChI=1S/C17H25N3/c1-2-18-11-15-3-4-19-16(20-15)17-8-12-5-13(9-17)7-14(6-12)10-17/h3-4,12-14,18H,2,5-11H2,1H3. The second-order valence-corrected chi connectivity index (χ2v) is 7.35. The number of rotatable bonds is 4. The molecule has 4 fully saturated rings. The third-order valence-corrected chi connectivity index (χ3v) is 5.78. The lowest BCUT2D eigenvalue weighted by Gasteiger charge is -2.56. The molecule has 0 radical (unpaired) electrons. The predicted molar refractivity (Wildman–Crippen MR) is 79.3 cm³/mol. The topological polar surface area (TPSA) is 37.8 Å². The van der Waals surface area contributed by atoms with Crippen molar-refractivity contribution in [3.8, 4) is 0 Å². The van der Waals surface area contributed by atoms with E-state index in [4.69, 9.17) is 9.97 Å². The molecular weight excluding hydrogens is 246 g/mol. The van der Waals surface area contributed by atoms with Crippen molar-refractivity contribution in [1.29, 1.82) is 0 Å². The first-order chi connectivity index (χ1) is 9.77. The summed E-state index contributed by atoms with van der Waals surface area (Å²) in [7, 11) is 0. The van der Waals surface area contributed by atoms with Crippen molar-refractivity contribution in [2.24, 2.45) is 17.8 Å². The fourth-order valence-corrected chi connectivity index (χ4v) is 5.39. The first kappa shape index (κ1) is 12.8. The molecule has 0 spiro atoms. The van der Waals surface area contributed by atoms with Gasteiger partial charge in [-0.2, -0.15) is 0 Å². The molecule has 0 aliphatic heterocycles. The number of aromatic nitrogens is 2. The first-order valence-electron chi connectivity index (χ1n) is 8.30. The molecule has 108 valence electrons. The molecule has 0 unspecified atom stereocenters. The second-order valence-electron chi connectivity index (χ2n) is 7.35. The Bertz CT molecular complexity index is 461. The van der Waals surface area contributed by atoms with Gasteiger partial charge in [-0.05, 0) is 68.9 Å². The number of nitrogens with one attached hydrogen (secondary N) is 1. The number of nitrogens with zero attached hydrogens (tertiary/aromatic N) is 2. The van der Waals surface area contributed by atoms with Crippen molar-refractivity contribution in [1.82, 2.24) is 15.3 Å². The lowest BCUT2D eigenvalue weighted by molar-refractivity contribution is -0.00950. The third kappa shape index (κ3) is 2.07. The monoisotopic (exact) mass is 271 g/mol. The molecule has 5 rings (SSSR count). The maximum atomic E-state index is 4.93. The van der Waals surface area contributed by atoms with Crippen LogP contribution in [0.5, 0.6) is 0 Å². The minimum absolute atomic E-state index is 0.330. The smallest absolute Gasteiger partial charge is 0.134 e. The van der Waals surface area contributed by atoms with Crippen LogP contribution in [-0.4, -0.2) is 16.5 Å². The zero-order valence-corrected chi connectivity index (χ0v) is 12.4. The van der Waals surface area contributed by atoms with Gasteiger partial charge in [-0.1, -0.05) is 6.92 Å². The molecule has 3 heteroatoms. The molecular formula is C17H25N3. The zero-order valence-electron chi connectivity index (χ0n) is 12.4. The summed E-state index contributed by atoms with van der Waals surface area (Å²) in [6.45, 7) is 4.01. The van der Waals surface area contributed by atoms with E-state index in [2.05, 4.69) is 18.3 Å². The van der Waals surface area contributed by atoms with Crippen LogP contribution >= 0.6 is 0 Å². The van der Waals surface area contributed by atoms with E-state index in [-0.39, 0.29) is 0 Å². The second kappa shape index (κ2) is 4.80. The minimum Gasteiger partial charge on any atom is -0.311 e. The van der Waals surface area contributed by atoms with Gasteiger partial charge in [-0.25, -0.2) is 9.97 Å². The molecule has 0 atom stereocenters. The van der Waals surface area contributed by atoms with E-state index in [1.807, 2.05) is 6.20 Å². The Morgan fingerprint density at radius 3 is 2.40 bits per heavy atom. The highest BCUT2D eigenvalue weighted by atomic mass is 14.9. The minimum atomic E-state index is 0.330. The molecule has 0 saturated heterocycles. The van der Waals surface area contributed by atoms with Gasteiger partial charge in [-0.3, -0.25) is 0 Å². The van der Waals surface area contributed by atoms with Crippen molar-refractivity contribution in [2.75, 3.05) is 6.54 Å². The predicted octanol–water partition coefficient (Wildman–Crippen LogP) is 3.05. The van der Waals surface area contributed by atoms with E-state index < -0.39 is 0 Å². The fourth-order valence-electron chi connectivity index (χ4n) is 5.39. The average Bonchev–Trinajstić information content (AvgIpc) is 2.44. The molecule has 1 aromatic heterocycles. The Balaban J connectivity index is 1.63. The Kier molecular flexibility index (Phi) is 3.06. The van der Waals surface area contributed by atoms with Gasteiger partial charge in [0.2, 0.25) is 0 Å². The van der Waals surface area contributed by atoms with Crippen LogP contribution in [0.1, 0.15) is 57.0 Å². The van der Waals surface area contributed by atoms with Crippen molar-refractivity contribution >= 4 is 0 Å².